The number of amides is 3. The molecule has 3 aromatic rings. The van der Waals surface area contributed by atoms with Crippen LogP contribution >= 0.6 is 22.9 Å². The molecule has 1 fully saturated rings. The Morgan fingerprint density at radius 3 is 2.67 bits per heavy atom. The van der Waals surface area contributed by atoms with Gasteiger partial charge in [-0.05, 0) is 55.6 Å². The molecule has 2 aromatic carbocycles. The third-order valence-electron chi connectivity index (χ3n) is 5.66. The molecule has 0 saturated carbocycles. The topological polar surface area (TPSA) is 49.9 Å². The van der Waals surface area contributed by atoms with Crippen molar-refractivity contribution in [3.05, 3.63) is 81.0 Å². The number of aryl methyl sites for hydroxylation is 1. The minimum absolute atomic E-state index is 0.313. The molecular weight excluding hydrogens is 420 g/mol. The van der Waals surface area contributed by atoms with Gasteiger partial charge in [0.1, 0.15) is 5.75 Å². The average molecular weight is 439 g/mol. The van der Waals surface area contributed by atoms with Crippen molar-refractivity contribution in [2.75, 3.05) is 4.90 Å². The number of halogens is 1. The molecule has 0 unspecified atom stereocenters. The van der Waals surface area contributed by atoms with E-state index in [-0.39, 0.29) is 5.91 Å². The third-order valence-corrected chi connectivity index (χ3v) is 6.75. The summed E-state index contributed by atoms with van der Waals surface area (Å²) in [4.78, 5) is 30.7. The van der Waals surface area contributed by atoms with Gasteiger partial charge in [0.15, 0.2) is 5.72 Å². The van der Waals surface area contributed by atoms with E-state index in [0.29, 0.717) is 27.8 Å². The normalized spacial score (nSPS) is 22.5. The number of carbonyl (C=O) groups is 2. The molecule has 152 valence electrons. The summed E-state index contributed by atoms with van der Waals surface area (Å²) in [5.74, 6) is 0.318. The van der Waals surface area contributed by atoms with Gasteiger partial charge in [0.25, 0.3) is 5.91 Å². The predicted octanol–water partition coefficient (Wildman–Crippen LogP) is 6.03. The van der Waals surface area contributed by atoms with Gasteiger partial charge in [-0.15, -0.1) is 11.3 Å². The Labute approximate surface area is 183 Å². The maximum absolute atomic E-state index is 13.8. The number of benzene rings is 2. The molecule has 0 N–H and O–H groups in total. The molecule has 2 atom stereocenters. The van der Waals surface area contributed by atoms with E-state index < -0.39 is 17.8 Å². The van der Waals surface area contributed by atoms with Crippen LogP contribution in [0.5, 0.6) is 5.75 Å². The van der Waals surface area contributed by atoms with Crippen molar-refractivity contribution in [1.82, 2.24) is 4.90 Å². The van der Waals surface area contributed by atoms with E-state index in [1.165, 1.54) is 16.2 Å². The Bertz CT molecular complexity index is 1150. The zero-order valence-corrected chi connectivity index (χ0v) is 18.0. The molecule has 5 rings (SSSR count). The molecule has 3 heterocycles. The van der Waals surface area contributed by atoms with E-state index in [0.717, 1.165) is 11.1 Å². The van der Waals surface area contributed by atoms with Crippen LogP contribution in [0.4, 0.5) is 10.5 Å². The first-order chi connectivity index (χ1) is 14.4. The Morgan fingerprint density at radius 2 is 1.97 bits per heavy atom. The van der Waals surface area contributed by atoms with Crippen LogP contribution in [-0.2, 0) is 0 Å². The van der Waals surface area contributed by atoms with Gasteiger partial charge >= 0.3 is 6.03 Å². The first-order valence-corrected chi connectivity index (χ1v) is 10.9. The molecule has 1 saturated heterocycles. The summed E-state index contributed by atoms with van der Waals surface area (Å²) in [6, 6.07) is 15.7. The highest BCUT2D eigenvalue weighted by Crippen LogP contribution is 2.50. The number of ether oxygens (including phenoxy) is 1. The first kappa shape index (κ1) is 19.2. The summed E-state index contributed by atoms with van der Waals surface area (Å²) in [6.45, 7) is 3.88. The van der Waals surface area contributed by atoms with Crippen LogP contribution in [0.15, 0.2) is 60.0 Å². The number of nitrogens with zero attached hydrogens (tertiary/aromatic N) is 2. The lowest BCUT2D eigenvalue weighted by Gasteiger charge is -2.53. The van der Waals surface area contributed by atoms with Crippen molar-refractivity contribution in [2.45, 2.75) is 32.0 Å². The fourth-order valence-electron chi connectivity index (χ4n) is 4.26. The fourth-order valence-corrected chi connectivity index (χ4v) is 5.10. The smallest absolute Gasteiger partial charge is 0.335 e. The number of rotatable bonds is 2. The summed E-state index contributed by atoms with van der Waals surface area (Å²) in [6.07, 6.45) is 0.442. The maximum Gasteiger partial charge on any atom is 0.335 e. The molecule has 30 heavy (non-hydrogen) atoms. The number of imide groups is 1. The first-order valence-electron chi connectivity index (χ1n) is 9.64. The van der Waals surface area contributed by atoms with E-state index in [1.54, 1.807) is 29.2 Å². The lowest BCUT2D eigenvalue weighted by atomic mass is 9.88. The highest BCUT2D eigenvalue weighted by atomic mass is 35.5. The lowest BCUT2D eigenvalue weighted by Crippen LogP contribution is -2.67. The zero-order valence-electron chi connectivity index (χ0n) is 16.5. The zero-order chi connectivity index (χ0) is 21.0. The Hall–Kier alpha value is -2.83. The SMILES string of the molecule is Cc1ccc(N2C(=O)N(C(=O)c3cccs3)[C@@H]3C[C@@]2(C)Oc2ccc(Cl)cc23)cc1. The second-order valence-corrected chi connectivity index (χ2v) is 9.17. The van der Waals surface area contributed by atoms with Gasteiger partial charge in [-0.25, -0.2) is 4.79 Å². The summed E-state index contributed by atoms with van der Waals surface area (Å²) in [5.41, 5.74) is 1.60. The van der Waals surface area contributed by atoms with Gasteiger partial charge in [-0.3, -0.25) is 14.6 Å². The van der Waals surface area contributed by atoms with Crippen molar-refractivity contribution < 1.29 is 14.3 Å². The van der Waals surface area contributed by atoms with Crippen molar-refractivity contribution in [3.63, 3.8) is 0 Å². The largest absolute Gasteiger partial charge is 0.467 e. The molecule has 0 radical (unpaired) electrons. The maximum atomic E-state index is 13.8. The van der Waals surface area contributed by atoms with E-state index in [9.17, 15) is 9.59 Å². The van der Waals surface area contributed by atoms with Gasteiger partial charge in [0, 0.05) is 22.7 Å². The molecule has 5 nitrogen and oxygen atoms in total. The number of urea groups is 1. The molecule has 2 aliphatic heterocycles. The van der Waals surface area contributed by atoms with Gasteiger partial charge in [-0.2, -0.15) is 0 Å². The van der Waals surface area contributed by atoms with Gasteiger partial charge in [-0.1, -0.05) is 35.4 Å². The summed E-state index contributed by atoms with van der Waals surface area (Å²) < 4.78 is 6.34. The van der Waals surface area contributed by atoms with Gasteiger partial charge in [0.05, 0.1) is 10.9 Å². The van der Waals surface area contributed by atoms with E-state index in [2.05, 4.69) is 0 Å². The average Bonchev–Trinajstić information content (AvgIpc) is 3.24. The highest BCUT2D eigenvalue weighted by Gasteiger charge is 2.55. The molecule has 7 heteroatoms. The van der Waals surface area contributed by atoms with Gasteiger partial charge < -0.3 is 4.74 Å². The Balaban J connectivity index is 1.69. The number of carbonyl (C=O) groups excluding carboxylic acids is 2. The van der Waals surface area contributed by atoms with E-state index in [4.69, 9.17) is 16.3 Å². The number of hydrogen-bond donors (Lipinski definition) is 0. The number of thiophene rings is 1. The van der Waals surface area contributed by atoms with Crippen LogP contribution in [0, 0.1) is 6.92 Å². The van der Waals surface area contributed by atoms with Crippen LogP contribution in [0.25, 0.3) is 0 Å². The molecule has 3 amide bonds. The van der Waals surface area contributed by atoms with E-state index >= 15 is 0 Å². The monoisotopic (exact) mass is 438 g/mol. The number of anilines is 1. The molecule has 0 aliphatic carbocycles. The Morgan fingerprint density at radius 1 is 1.20 bits per heavy atom. The molecule has 1 aromatic heterocycles. The number of hydrogen-bond acceptors (Lipinski definition) is 4. The second kappa shape index (κ2) is 6.86. The third kappa shape index (κ3) is 2.90. The molecular formula is C23H19ClN2O3S. The minimum Gasteiger partial charge on any atom is -0.467 e. The minimum atomic E-state index is -0.927. The highest BCUT2D eigenvalue weighted by molar-refractivity contribution is 7.12. The second-order valence-electron chi connectivity index (χ2n) is 7.79. The van der Waals surface area contributed by atoms with Gasteiger partial charge in [0.2, 0.25) is 0 Å². The van der Waals surface area contributed by atoms with Crippen LogP contribution in [0.1, 0.15) is 40.2 Å². The predicted molar refractivity (Wildman–Crippen MR) is 117 cm³/mol. The quantitative estimate of drug-likeness (QED) is 0.490. The lowest BCUT2D eigenvalue weighted by molar-refractivity contribution is 0.00284. The van der Waals surface area contributed by atoms with E-state index in [1.807, 2.05) is 49.6 Å². The van der Waals surface area contributed by atoms with Crippen LogP contribution in [0.2, 0.25) is 5.02 Å². The molecule has 2 bridgehead atoms. The van der Waals surface area contributed by atoms with Crippen molar-refractivity contribution in [2.24, 2.45) is 0 Å². The molecule has 0 spiro atoms. The van der Waals surface area contributed by atoms with Crippen LogP contribution in [-0.4, -0.2) is 22.6 Å². The number of fused-ring (bicyclic) bond motifs is 4. The van der Waals surface area contributed by atoms with Crippen LogP contribution in [0.3, 0.4) is 0 Å². The van der Waals surface area contributed by atoms with Crippen LogP contribution < -0.4 is 9.64 Å². The summed E-state index contributed by atoms with van der Waals surface area (Å²) in [7, 11) is 0. The molecule has 2 aliphatic rings. The fraction of sp³-hybridized carbons (Fsp3) is 0.217. The van der Waals surface area contributed by atoms with Crippen molar-refractivity contribution >= 4 is 40.6 Å². The summed E-state index contributed by atoms with van der Waals surface area (Å²) >= 11 is 7.56. The van der Waals surface area contributed by atoms with Crippen molar-refractivity contribution in [3.8, 4) is 5.75 Å². The summed E-state index contributed by atoms with van der Waals surface area (Å²) in [5, 5.41) is 2.37. The standard InChI is InChI=1S/C23H19ClN2O3S/c1-14-5-8-16(9-6-14)26-22(28)25(21(27)20-4-3-11-30-20)18-13-23(26,2)29-19-10-7-15(24)12-17(18)19/h3-12,18H,13H2,1-2H3/t18-,23-/m1/s1. The Kier molecular flexibility index (Phi) is 4.38. The van der Waals surface area contributed by atoms with Crippen molar-refractivity contribution in [1.29, 1.82) is 0 Å².